The van der Waals surface area contributed by atoms with Gasteiger partial charge in [0.1, 0.15) is 0 Å². The molecule has 18 heavy (non-hydrogen) atoms. The molecule has 0 atom stereocenters. The molecule has 0 aliphatic heterocycles. The fourth-order valence-corrected chi connectivity index (χ4v) is 2.27. The van der Waals surface area contributed by atoms with E-state index in [-0.39, 0.29) is 5.91 Å². The minimum atomic E-state index is -0.248. The van der Waals surface area contributed by atoms with Gasteiger partial charge < -0.3 is 0 Å². The molecule has 2 heterocycles. The molecule has 1 amide bonds. The van der Waals surface area contributed by atoms with Crippen LogP contribution < -0.4 is 5.32 Å². The van der Waals surface area contributed by atoms with Crippen molar-refractivity contribution in [1.29, 1.82) is 0 Å². The van der Waals surface area contributed by atoms with E-state index in [1.165, 1.54) is 11.3 Å². The third-order valence-corrected chi connectivity index (χ3v) is 3.27. The molecule has 6 heteroatoms. The summed E-state index contributed by atoms with van der Waals surface area (Å²) < 4.78 is 0. The largest absolute Gasteiger partial charge is 0.296 e. The van der Waals surface area contributed by atoms with Gasteiger partial charge in [0.2, 0.25) is 0 Å². The van der Waals surface area contributed by atoms with Crippen molar-refractivity contribution in [2.24, 2.45) is 0 Å². The number of aryl methyl sites for hydroxylation is 1. The number of rotatable bonds is 2. The third kappa shape index (κ3) is 1.86. The van der Waals surface area contributed by atoms with Crippen LogP contribution >= 0.6 is 11.3 Å². The van der Waals surface area contributed by atoms with Crippen LogP contribution in [-0.4, -0.2) is 21.1 Å². The smallest absolute Gasteiger partial charge is 0.278 e. The summed E-state index contributed by atoms with van der Waals surface area (Å²) in [6.45, 7) is 1.98. The molecule has 2 N–H and O–H groups in total. The number of nitrogens with zero attached hydrogens (tertiary/aromatic N) is 2. The van der Waals surface area contributed by atoms with Crippen molar-refractivity contribution in [2.75, 3.05) is 5.32 Å². The van der Waals surface area contributed by atoms with Crippen LogP contribution in [0.15, 0.2) is 29.8 Å². The maximum atomic E-state index is 12.1. The first-order valence-corrected chi connectivity index (χ1v) is 6.27. The monoisotopic (exact) mass is 258 g/mol. The number of aromatic nitrogens is 3. The summed E-state index contributed by atoms with van der Waals surface area (Å²) in [5.74, 6) is -0.248. The zero-order chi connectivity index (χ0) is 12.5. The summed E-state index contributed by atoms with van der Waals surface area (Å²) in [4.78, 5) is 16.1. The van der Waals surface area contributed by atoms with E-state index in [2.05, 4.69) is 20.5 Å². The van der Waals surface area contributed by atoms with Crippen molar-refractivity contribution in [2.45, 2.75) is 6.92 Å². The first-order valence-electron chi connectivity index (χ1n) is 5.39. The van der Waals surface area contributed by atoms with Gasteiger partial charge in [-0.3, -0.25) is 15.2 Å². The fourth-order valence-electron chi connectivity index (χ4n) is 1.74. The van der Waals surface area contributed by atoms with E-state index in [1.54, 1.807) is 6.20 Å². The molecule has 0 bridgehead atoms. The predicted molar refractivity (Wildman–Crippen MR) is 70.9 cm³/mol. The van der Waals surface area contributed by atoms with Crippen LogP contribution in [-0.2, 0) is 0 Å². The zero-order valence-electron chi connectivity index (χ0n) is 9.60. The molecule has 3 rings (SSSR count). The fraction of sp³-hybridized carbons (Fsp3) is 0.0833. The molecule has 0 aliphatic carbocycles. The van der Waals surface area contributed by atoms with Crippen molar-refractivity contribution < 1.29 is 4.79 Å². The lowest BCUT2D eigenvalue weighted by molar-refractivity contribution is 0.102. The Balaban J connectivity index is 1.98. The number of hydrogen-bond donors (Lipinski definition) is 2. The van der Waals surface area contributed by atoms with Crippen LogP contribution in [0.3, 0.4) is 0 Å². The number of thiazole rings is 1. The third-order valence-electron chi connectivity index (χ3n) is 2.59. The normalized spacial score (nSPS) is 10.7. The SMILES string of the molecule is Cc1ccc2[nH]nc(C(=O)Nc3nccs3)c2c1. The number of carbonyl (C=O) groups is 1. The summed E-state index contributed by atoms with van der Waals surface area (Å²) in [6, 6.07) is 5.83. The summed E-state index contributed by atoms with van der Waals surface area (Å²) >= 11 is 1.38. The average molecular weight is 258 g/mol. The van der Waals surface area contributed by atoms with Crippen molar-refractivity contribution >= 4 is 33.3 Å². The van der Waals surface area contributed by atoms with Gasteiger partial charge >= 0.3 is 0 Å². The number of nitrogens with one attached hydrogen (secondary N) is 2. The van der Waals surface area contributed by atoms with E-state index < -0.39 is 0 Å². The lowest BCUT2D eigenvalue weighted by Crippen LogP contribution is -2.12. The number of anilines is 1. The van der Waals surface area contributed by atoms with Crippen LogP contribution in [0, 0.1) is 6.92 Å². The lowest BCUT2D eigenvalue weighted by Gasteiger charge is -1.99. The number of H-pyrrole nitrogens is 1. The molecule has 2 aromatic heterocycles. The average Bonchev–Trinajstić information content (AvgIpc) is 2.97. The Hall–Kier alpha value is -2.21. The van der Waals surface area contributed by atoms with Crippen LogP contribution in [0.4, 0.5) is 5.13 Å². The van der Waals surface area contributed by atoms with E-state index in [9.17, 15) is 4.79 Å². The number of aromatic amines is 1. The maximum Gasteiger partial charge on any atom is 0.278 e. The van der Waals surface area contributed by atoms with E-state index >= 15 is 0 Å². The second-order valence-corrected chi connectivity index (χ2v) is 4.81. The molecular formula is C12H10N4OS. The van der Waals surface area contributed by atoms with Crippen LogP contribution in [0.25, 0.3) is 10.9 Å². The molecule has 3 aromatic rings. The zero-order valence-corrected chi connectivity index (χ0v) is 10.4. The highest BCUT2D eigenvalue weighted by molar-refractivity contribution is 7.13. The van der Waals surface area contributed by atoms with Gasteiger partial charge in [0.15, 0.2) is 10.8 Å². The first kappa shape index (κ1) is 10.9. The van der Waals surface area contributed by atoms with Gasteiger partial charge in [-0.25, -0.2) is 4.98 Å². The highest BCUT2D eigenvalue weighted by Gasteiger charge is 2.15. The van der Waals surface area contributed by atoms with Crippen molar-refractivity contribution in [3.05, 3.63) is 41.0 Å². The van der Waals surface area contributed by atoms with Crippen LogP contribution in [0.2, 0.25) is 0 Å². The summed E-state index contributed by atoms with van der Waals surface area (Å²) in [7, 11) is 0. The standard InChI is InChI=1S/C12H10N4OS/c1-7-2-3-9-8(6-7)10(16-15-9)11(17)14-12-13-4-5-18-12/h2-6H,1H3,(H,15,16)(H,13,14,17). The molecule has 0 spiro atoms. The minimum Gasteiger partial charge on any atom is -0.296 e. The van der Waals surface area contributed by atoms with Gasteiger partial charge in [0, 0.05) is 17.0 Å². The topological polar surface area (TPSA) is 70.7 Å². The quantitative estimate of drug-likeness (QED) is 0.742. The van der Waals surface area contributed by atoms with Gasteiger partial charge in [-0.05, 0) is 19.1 Å². The number of amides is 1. The lowest BCUT2D eigenvalue weighted by atomic mass is 10.1. The summed E-state index contributed by atoms with van der Waals surface area (Å²) in [5.41, 5.74) is 2.33. The van der Waals surface area contributed by atoms with Gasteiger partial charge in [0.25, 0.3) is 5.91 Å². The minimum absolute atomic E-state index is 0.248. The molecular weight excluding hydrogens is 248 g/mol. The van der Waals surface area contributed by atoms with Crippen molar-refractivity contribution in [1.82, 2.24) is 15.2 Å². The van der Waals surface area contributed by atoms with E-state index in [1.807, 2.05) is 30.5 Å². The van der Waals surface area contributed by atoms with Gasteiger partial charge in [0.05, 0.1) is 5.52 Å². The maximum absolute atomic E-state index is 12.1. The Kier molecular flexibility index (Phi) is 2.56. The van der Waals surface area contributed by atoms with Gasteiger partial charge in [-0.2, -0.15) is 5.10 Å². The van der Waals surface area contributed by atoms with E-state index in [4.69, 9.17) is 0 Å². The molecule has 0 saturated heterocycles. The first-order chi connectivity index (χ1) is 8.74. The number of hydrogen-bond acceptors (Lipinski definition) is 4. The second kappa shape index (κ2) is 4.23. The summed E-state index contributed by atoms with van der Waals surface area (Å²) in [6.07, 6.45) is 1.65. The molecule has 0 radical (unpaired) electrons. The number of carbonyl (C=O) groups excluding carboxylic acids is 1. The Labute approximate surface area is 107 Å². The van der Waals surface area contributed by atoms with Crippen molar-refractivity contribution in [3.63, 3.8) is 0 Å². The highest BCUT2D eigenvalue weighted by atomic mass is 32.1. The molecule has 90 valence electrons. The van der Waals surface area contributed by atoms with E-state index in [0.717, 1.165) is 16.5 Å². The predicted octanol–water partition coefficient (Wildman–Crippen LogP) is 2.58. The molecule has 1 aromatic carbocycles. The van der Waals surface area contributed by atoms with Crippen LogP contribution in [0.1, 0.15) is 16.1 Å². The number of fused-ring (bicyclic) bond motifs is 1. The van der Waals surface area contributed by atoms with E-state index in [0.29, 0.717) is 10.8 Å². The molecule has 0 fully saturated rings. The Morgan fingerprint density at radius 2 is 2.33 bits per heavy atom. The molecule has 0 aliphatic rings. The molecule has 0 unspecified atom stereocenters. The Morgan fingerprint density at radius 3 is 3.11 bits per heavy atom. The van der Waals surface area contributed by atoms with Gasteiger partial charge in [-0.1, -0.05) is 11.6 Å². The Morgan fingerprint density at radius 1 is 1.44 bits per heavy atom. The number of benzene rings is 1. The second-order valence-electron chi connectivity index (χ2n) is 3.91. The van der Waals surface area contributed by atoms with Crippen molar-refractivity contribution in [3.8, 4) is 0 Å². The van der Waals surface area contributed by atoms with Crippen LogP contribution in [0.5, 0.6) is 0 Å². The molecule has 5 nitrogen and oxygen atoms in total. The van der Waals surface area contributed by atoms with Gasteiger partial charge in [-0.15, -0.1) is 11.3 Å². The molecule has 0 saturated carbocycles. The Bertz CT molecular complexity index is 702. The highest BCUT2D eigenvalue weighted by Crippen LogP contribution is 2.19. The summed E-state index contributed by atoms with van der Waals surface area (Å²) in [5, 5.41) is 12.8.